The molecular formula is C27H35FN4O7S. The zero-order chi connectivity index (χ0) is 30.0. The quantitative estimate of drug-likeness (QED) is 0.235. The molecule has 1 unspecified atom stereocenters. The molecule has 0 saturated heterocycles. The second-order valence-electron chi connectivity index (χ2n) is 9.71. The van der Waals surface area contributed by atoms with Crippen LogP contribution in [0.1, 0.15) is 71.2 Å². The number of rotatable bonds is 11. The van der Waals surface area contributed by atoms with Crippen molar-refractivity contribution in [3.05, 3.63) is 51.7 Å². The molecule has 2 aromatic rings. The SMILES string of the molecule is CCC(C(=O)Nc1sc(C(=O)NCCNC(=O)CNC(=O)OC(C)(C)C)c(C)c1C(=O)OC)c1ccc(F)cc1. The number of halogens is 1. The van der Waals surface area contributed by atoms with Crippen molar-refractivity contribution in [2.24, 2.45) is 0 Å². The number of hydrogen-bond acceptors (Lipinski definition) is 8. The van der Waals surface area contributed by atoms with E-state index in [4.69, 9.17) is 9.47 Å². The van der Waals surface area contributed by atoms with Crippen LogP contribution in [0.4, 0.5) is 14.2 Å². The highest BCUT2D eigenvalue weighted by Crippen LogP contribution is 2.35. The highest BCUT2D eigenvalue weighted by molar-refractivity contribution is 7.18. The first-order valence-corrected chi connectivity index (χ1v) is 13.4. The molecule has 0 spiro atoms. The van der Waals surface area contributed by atoms with Crippen molar-refractivity contribution in [2.45, 2.75) is 52.6 Å². The number of anilines is 1. The second-order valence-corrected chi connectivity index (χ2v) is 10.7. The van der Waals surface area contributed by atoms with Gasteiger partial charge in [0, 0.05) is 13.1 Å². The molecule has 0 bridgehead atoms. The van der Waals surface area contributed by atoms with Gasteiger partial charge in [-0.15, -0.1) is 11.3 Å². The Morgan fingerprint density at radius 2 is 1.62 bits per heavy atom. The molecule has 40 heavy (non-hydrogen) atoms. The van der Waals surface area contributed by atoms with Crippen LogP contribution >= 0.6 is 11.3 Å². The van der Waals surface area contributed by atoms with E-state index < -0.39 is 47.1 Å². The predicted octanol–water partition coefficient (Wildman–Crippen LogP) is 3.49. The van der Waals surface area contributed by atoms with E-state index in [0.29, 0.717) is 17.5 Å². The van der Waals surface area contributed by atoms with E-state index in [9.17, 15) is 28.4 Å². The monoisotopic (exact) mass is 578 g/mol. The van der Waals surface area contributed by atoms with Gasteiger partial charge in [-0.3, -0.25) is 14.4 Å². The average Bonchev–Trinajstić information content (AvgIpc) is 3.20. The molecule has 0 aliphatic heterocycles. The zero-order valence-electron chi connectivity index (χ0n) is 23.4. The first-order chi connectivity index (χ1) is 18.8. The van der Waals surface area contributed by atoms with Gasteiger partial charge in [-0.25, -0.2) is 14.0 Å². The van der Waals surface area contributed by atoms with Crippen LogP contribution in [0.25, 0.3) is 0 Å². The molecule has 4 N–H and O–H groups in total. The summed E-state index contributed by atoms with van der Waals surface area (Å²) in [5, 5.41) is 10.4. The van der Waals surface area contributed by atoms with E-state index in [0.717, 1.165) is 11.3 Å². The largest absolute Gasteiger partial charge is 0.465 e. The highest BCUT2D eigenvalue weighted by Gasteiger charge is 2.28. The van der Waals surface area contributed by atoms with Crippen LogP contribution in [0, 0.1) is 12.7 Å². The Balaban J connectivity index is 2.03. The van der Waals surface area contributed by atoms with Crippen LogP contribution < -0.4 is 21.3 Å². The summed E-state index contributed by atoms with van der Waals surface area (Å²) < 4.78 is 23.3. The lowest BCUT2D eigenvalue weighted by Crippen LogP contribution is -2.42. The van der Waals surface area contributed by atoms with Crippen LogP contribution in [-0.4, -0.2) is 62.1 Å². The second kappa shape index (κ2) is 14.4. The van der Waals surface area contributed by atoms with E-state index >= 15 is 0 Å². The Morgan fingerprint density at radius 3 is 2.20 bits per heavy atom. The maximum atomic E-state index is 13.3. The van der Waals surface area contributed by atoms with Crippen LogP contribution in [0.2, 0.25) is 0 Å². The van der Waals surface area contributed by atoms with Gasteiger partial charge >= 0.3 is 12.1 Å². The molecule has 0 radical (unpaired) electrons. The van der Waals surface area contributed by atoms with Gasteiger partial charge < -0.3 is 30.7 Å². The van der Waals surface area contributed by atoms with Crippen molar-refractivity contribution in [1.82, 2.24) is 16.0 Å². The number of esters is 1. The minimum Gasteiger partial charge on any atom is -0.465 e. The predicted molar refractivity (Wildman–Crippen MR) is 148 cm³/mol. The summed E-state index contributed by atoms with van der Waals surface area (Å²) in [5.41, 5.74) is 0.295. The van der Waals surface area contributed by atoms with Gasteiger partial charge in [-0.1, -0.05) is 19.1 Å². The molecule has 1 heterocycles. The van der Waals surface area contributed by atoms with Gasteiger partial charge in [0.2, 0.25) is 11.8 Å². The number of hydrogen-bond donors (Lipinski definition) is 4. The maximum Gasteiger partial charge on any atom is 0.408 e. The molecule has 1 atom stereocenters. The molecule has 0 fully saturated rings. The fourth-order valence-corrected chi connectivity index (χ4v) is 4.73. The Hall–Kier alpha value is -4.00. The number of alkyl carbamates (subject to hydrolysis) is 1. The maximum absolute atomic E-state index is 13.3. The highest BCUT2D eigenvalue weighted by atomic mass is 32.1. The van der Waals surface area contributed by atoms with Gasteiger partial charge in [0.25, 0.3) is 5.91 Å². The van der Waals surface area contributed by atoms with E-state index in [2.05, 4.69) is 21.3 Å². The molecule has 4 amide bonds. The van der Waals surface area contributed by atoms with Crippen LogP contribution in [0.3, 0.4) is 0 Å². The first kappa shape index (κ1) is 32.2. The Labute approximate surface area is 236 Å². The van der Waals surface area contributed by atoms with E-state index in [1.165, 1.54) is 31.4 Å². The summed E-state index contributed by atoms with van der Waals surface area (Å²) in [7, 11) is 1.19. The summed E-state index contributed by atoms with van der Waals surface area (Å²) in [6.45, 7) is 8.31. The van der Waals surface area contributed by atoms with Crippen LogP contribution in [-0.2, 0) is 19.1 Å². The topological polar surface area (TPSA) is 152 Å². The molecule has 1 aromatic carbocycles. The fraction of sp³-hybridized carbons (Fsp3) is 0.444. The van der Waals surface area contributed by atoms with Crippen LogP contribution in [0.5, 0.6) is 0 Å². The van der Waals surface area contributed by atoms with Crippen molar-refractivity contribution in [2.75, 3.05) is 32.1 Å². The van der Waals surface area contributed by atoms with Gasteiger partial charge in [-0.2, -0.15) is 0 Å². The van der Waals surface area contributed by atoms with Gasteiger partial charge in [0.05, 0.1) is 30.0 Å². The first-order valence-electron chi connectivity index (χ1n) is 12.6. The third kappa shape index (κ3) is 9.33. The lowest BCUT2D eigenvalue weighted by atomic mass is 9.95. The molecule has 1 aromatic heterocycles. The lowest BCUT2D eigenvalue weighted by molar-refractivity contribution is -0.120. The zero-order valence-corrected chi connectivity index (χ0v) is 24.2. The third-order valence-corrected chi connectivity index (χ3v) is 6.71. The summed E-state index contributed by atoms with van der Waals surface area (Å²) >= 11 is 0.918. The minimum atomic E-state index is -0.726. The van der Waals surface area contributed by atoms with E-state index in [1.54, 1.807) is 34.6 Å². The number of thiophene rings is 1. The third-order valence-electron chi connectivity index (χ3n) is 5.50. The standard InChI is InChI=1S/C27H35FN4O7S/c1-7-18(16-8-10-17(28)11-9-16)22(34)32-24-20(25(36)38-6)15(2)21(40-24)23(35)30-13-12-29-19(33)14-31-26(37)39-27(3,4)5/h8-11,18H,7,12-14H2,1-6H3,(H,29,33)(H,30,35)(H,31,37)(H,32,34). The van der Waals surface area contributed by atoms with E-state index in [1.807, 2.05) is 0 Å². The summed E-state index contributed by atoms with van der Waals surface area (Å²) in [6, 6.07) is 5.58. The number of methoxy groups -OCH3 is 1. The van der Waals surface area contributed by atoms with Crippen molar-refractivity contribution in [1.29, 1.82) is 0 Å². The van der Waals surface area contributed by atoms with Crippen molar-refractivity contribution < 1.29 is 37.8 Å². The number of carbonyl (C=O) groups excluding carboxylic acids is 5. The van der Waals surface area contributed by atoms with E-state index in [-0.39, 0.29) is 35.1 Å². The van der Waals surface area contributed by atoms with Crippen molar-refractivity contribution in [3.63, 3.8) is 0 Å². The fourth-order valence-electron chi connectivity index (χ4n) is 3.62. The van der Waals surface area contributed by atoms with Crippen molar-refractivity contribution in [3.8, 4) is 0 Å². The number of benzene rings is 1. The smallest absolute Gasteiger partial charge is 0.408 e. The Morgan fingerprint density at radius 1 is 1.00 bits per heavy atom. The lowest BCUT2D eigenvalue weighted by Gasteiger charge is -2.19. The molecule has 11 nitrogen and oxygen atoms in total. The molecule has 0 aliphatic rings. The van der Waals surface area contributed by atoms with Crippen molar-refractivity contribution >= 4 is 46.1 Å². The number of nitrogens with one attached hydrogen (secondary N) is 4. The molecular weight excluding hydrogens is 543 g/mol. The van der Waals surface area contributed by atoms with Gasteiger partial charge in [0.1, 0.15) is 16.4 Å². The molecule has 13 heteroatoms. The molecule has 0 aliphatic carbocycles. The average molecular weight is 579 g/mol. The van der Waals surface area contributed by atoms with Gasteiger partial charge in [-0.05, 0) is 57.4 Å². The molecule has 218 valence electrons. The number of carbonyl (C=O) groups is 5. The summed E-state index contributed by atoms with van der Waals surface area (Å²) in [5.74, 6) is -3.16. The summed E-state index contributed by atoms with van der Waals surface area (Å²) in [6.07, 6.45) is -0.307. The molecule has 0 saturated carbocycles. The Bertz CT molecular complexity index is 1240. The molecule has 2 rings (SSSR count). The normalized spacial score (nSPS) is 11.7. The number of ether oxygens (including phenoxy) is 2. The Kier molecular flexibility index (Phi) is 11.6. The van der Waals surface area contributed by atoms with Gasteiger partial charge in [0.15, 0.2) is 0 Å². The van der Waals surface area contributed by atoms with Crippen LogP contribution in [0.15, 0.2) is 24.3 Å². The minimum absolute atomic E-state index is 0.0569. The summed E-state index contributed by atoms with van der Waals surface area (Å²) in [4.78, 5) is 62.2. The number of amides is 4.